The molecule has 0 saturated heterocycles. The third-order valence-electron chi connectivity index (χ3n) is 2.92. The summed E-state index contributed by atoms with van der Waals surface area (Å²) in [5.74, 6) is -0.189. The van der Waals surface area contributed by atoms with Gasteiger partial charge in [-0.3, -0.25) is 4.79 Å². The van der Waals surface area contributed by atoms with Crippen molar-refractivity contribution in [3.63, 3.8) is 0 Å². The Morgan fingerprint density at radius 2 is 1.71 bits per heavy atom. The summed E-state index contributed by atoms with van der Waals surface area (Å²) in [6.45, 7) is 5.28. The quantitative estimate of drug-likeness (QED) is 0.500. The van der Waals surface area contributed by atoms with Gasteiger partial charge in [0.05, 0.1) is 0 Å². The Hall–Kier alpha value is -0.790. The van der Waals surface area contributed by atoms with Crippen molar-refractivity contribution < 1.29 is 9.53 Å². The first-order chi connectivity index (χ1) is 6.68. The summed E-state index contributed by atoms with van der Waals surface area (Å²) in [6.07, 6.45) is 9.78. The molecule has 0 atom stereocenters. The lowest BCUT2D eigenvalue weighted by atomic mass is 9.87. The van der Waals surface area contributed by atoms with Gasteiger partial charge >= 0.3 is 5.97 Å². The van der Waals surface area contributed by atoms with E-state index in [-0.39, 0.29) is 11.6 Å². The first-order valence-corrected chi connectivity index (χ1v) is 5.52. The van der Waals surface area contributed by atoms with E-state index in [4.69, 9.17) is 4.74 Å². The molecule has 0 heterocycles. The normalized spacial score (nSPS) is 21.8. The number of hydrogen-bond donors (Lipinski definition) is 0. The third-order valence-corrected chi connectivity index (χ3v) is 2.92. The van der Waals surface area contributed by atoms with E-state index >= 15 is 0 Å². The maximum Gasteiger partial charge on any atom is 0.303 e. The van der Waals surface area contributed by atoms with Gasteiger partial charge in [-0.2, -0.15) is 0 Å². The van der Waals surface area contributed by atoms with Gasteiger partial charge < -0.3 is 4.74 Å². The minimum atomic E-state index is -0.369. The van der Waals surface area contributed by atoms with Crippen molar-refractivity contribution in [1.29, 1.82) is 0 Å². The molecule has 2 nitrogen and oxygen atoms in total. The lowest BCUT2D eigenvalue weighted by Gasteiger charge is -2.31. The van der Waals surface area contributed by atoms with Gasteiger partial charge in [0.25, 0.3) is 0 Å². The van der Waals surface area contributed by atoms with E-state index in [1.807, 2.05) is 6.08 Å². The maximum absolute atomic E-state index is 11.0. The van der Waals surface area contributed by atoms with E-state index in [2.05, 4.69) is 6.58 Å². The lowest BCUT2D eigenvalue weighted by molar-refractivity contribution is -0.154. The molecule has 0 aromatic carbocycles. The number of hydrogen-bond acceptors (Lipinski definition) is 2. The lowest BCUT2D eigenvalue weighted by Crippen LogP contribution is -2.32. The Balaban J connectivity index is 2.62. The van der Waals surface area contributed by atoms with Crippen molar-refractivity contribution in [2.75, 3.05) is 0 Å². The van der Waals surface area contributed by atoms with Crippen molar-refractivity contribution in [1.82, 2.24) is 0 Å². The molecule has 80 valence electrons. The fourth-order valence-electron chi connectivity index (χ4n) is 2.14. The Morgan fingerprint density at radius 3 is 2.14 bits per heavy atom. The Labute approximate surface area is 86.3 Å². The van der Waals surface area contributed by atoms with Crippen LogP contribution in [0.25, 0.3) is 0 Å². The zero-order valence-electron chi connectivity index (χ0n) is 9.05. The molecule has 0 N–H and O–H groups in total. The van der Waals surface area contributed by atoms with Crippen molar-refractivity contribution in [3.05, 3.63) is 12.7 Å². The first kappa shape index (κ1) is 11.3. The highest BCUT2D eigenvalue weighted by Gasteiger charge is 2.29. The molecule has 0 radical (unpaired) electrons. The third kappa shape index (κ3) is 3.17. The number of ether oxygens (including phenoxy) is 1. The number of esters is 1. The van der Waals surface area contributed by atoms with Crippen molar-refractivity contribution in [2.24, 2.45) is 0 Å². The minimum Gasteiger partial charge on any atom is -0.455 e. The maximum atomic E-state index is 11.0. The average Bonchev–Trinajstić information content (AvgIpc) is 2.09. The van der Waals surface area contributed by atoms with E-state index in [0.29, 0.717) is 0 Å². The molecule has 2 heteroatoms. The largest absolute Gasteiger partial charge is 0.455 e. The Morgan fingerprint density at radius 1 is 1.21 bits per heavy atom. The SMILES string of the molecule is C=CC1(OC(C)=O)CCCCCCC1. The topological polar surface area (TPSA) is 26.3 Å². The van der Waals surface area contributed by atoms with E-state index in [0.717, 1.165) is 25.7 Å². The summed E-state index contributed by atoms with van der Waals surface area (Å²) >= 11 is 0. The van der Waals surface area contributed by atoms with E-state index < -0.39 is 0 Å². The first-order valence-electron chi connectivity index (χ1n) is 5.52. The Kier molecular flexibility index (Phi) is 4.18. The molecular formula is C12H20O2. The second-order valence-electron chi connectivity index (χ2n) is 4.13. The highest BCUT2D eigenvalue weighted by Crippen LogP contribution is 2.30. The summed E-state index contributed by atoms with van der Waals surface area (Å²) < 4.78 is 5.41. The predicted molar refractivity (Wildman–Crippen MR) is 57.0 cm³/mol. The molecule has 0 aliphatic heterocycles. The molecule has 0 spiro atoms. The van der Waals surface area contributed by atoms with Gasteiger partial charge in [0.1, 0.15) is 5.60 Å². The average molecular weight is 196 g/mol. The van der Waals surface area contributed by atoms with Gasteiger partial charge in [-0.15, -0.1) is 0 Å². The number of rotatable bonds is 2. The molecule has 1 fully saturated rings. The summed E-state index contributed by atoms with van der Waals surface area (Å²) in [7, 11) is 0. The molecule has 1 aliphatic rings. The summed E-state index contributed by atoms with van der Waals surface area (Å²) in [5, 5.41) is 0. The van der Waals surface area contributed by atoms with Crippen LogP contribution < -0.4 is 0 Å². The van der Waals surface area contributed by atoms with Gasteiger partial charge in [0.15, 0.2) is 0 Å². The molecule has 0 aromatic heterocycles. The molecule has 1 rings (SSSR count). The highest BCUT2D eigenvalue weighted by atomic mass is 16.6. The predicted octanol–water partition coefficient (Wildman–Crippen LogP) is 3.22. The van der Waals surface area contributed by atoms with E-state index in [1.165, 1.54) is 26.2 Å². The smallest absolute Gasteiger partial charge is 0.303 e. The fourth-order valence-corrected chi connectivity index (χ4v) is 2.14. The molecule has 1 saturated carbocycles. The van der Waals surface area contributed by atoms with E-state index in [9.17, 15) is 4.79 Å². The van der Waals surface area contributed by atoms with Crippen LogP contribution in [-0.4, -0.2) is 11.6 Å². The minimum absolute atomic E-state index is 0.189. The molecule has 14 heavy (non-hydrogen) atoms. The van der Waals surface area contributed by atoms with E-state index in [1.54, 1.807) is 0 Å². The molecule has 0 aromatic rings. The molecule has 0 unspecified atom stereocenters. The molecular weight excluding hydrogens is 176 g/mol. The van der Waals surface area contributed by atoms with Crippen LogP contribution in [0.3, 0.4) is 0 Å². The van der Waals surface area contributed by atoms with Crippen LogP contribution in [0.4, 0.5) is 0 Å². The zero-order valence-corrected chi connectivity index (χ0v) is 9.05. The second-order valence-corrected chi connectivity index (χ2v) is 4.13. The van der Waals surface area contributed by atoms with Gasteiger partial charge in [-0.25, -0.2) is 0 Å². The Bertz CT molecular complexity index is 200. The molecule has 1 aliphatic carbocycles. The van der Waals surface area contributed by atoms with Crippen LogP contribution in [0, 0.1) is 0 Å². The van der Waals surface area contributed by atoms with Crippen molar-refractivity contribution in [2.45, 2.75) is 57.5 Å². The summed E-state index contributed by atoms with van der Waals surface area (Å²) in [6, 6.07) is 0. The second kappa shape index (κ2) is 5.18. The fraction of sp³-hybridized carbons (Fsp3) is 0.750. The van der Waals surface area contributed by atoms with Crippen LogP contribution in [0.2, 0.25) is 0 Å². The van der Waals surface area contributed by atoms with Gasteiger partial charge in [-0.1, -0.05) is 25.8 Å². The van der Waals surface area contributed by atoms with Gasteiger partial charge in [0.2, 0.25) is 0 Å². The summed E-state index contributed by atoms with van der Waals surface area (Å²) in [4.78, 5) is 11.0. The zero-order chi connectivity index (χ0) is 10.4. The van der Waals surface area contributed by atoms with Crippen molar-refractivity contribution in [3.8, 4) is 0 Å². The number of carbonyl (C=O) groups excluding carboxylic acids is 1. The van der Waals surface area contributed by atoms with Crippen molar-refractivity contribution >= 4 is 5.97 Å². The van der Waals surface area contributed by atoms with Crippen LogP contribution >= 0.6 is 0 Å². The van der Waals surface area contributed by atoms with Gasteiger partial charge in [-0.05, 0) is 31.8 Å². The standard InChI is InChI=1S/C12H20O2/c1-3-12(14-11(2)13)9-7-5-4-6-8-10-12/h3H,1,4-10H2,2H3. The van der Waals surface area contributed by atoms with Crippen LogP contribution in [0.5, 0.6) is 0 Å². The number of carbonyl (C=O) groups is 1. The van der Waals surface area contributed by atoms with Crippen LogP contribution in [0.15, 0.2) is 12.7 Å². The monoisotopic (exact) mass is 196 g/mol. The summed E-state index contributed by atoms with van der Waals surface area (Å²) in [5.41, 5.74) is -0.369. The van der Waals surface area contributed by atoms with Gasteiger partial charge in [0, 0.05) is 6.92 Å². The molecule has 0 amide bonds. The van der Waals surface area contributed by atoms with Crippen LogP contribution in [-0.2, 0) is 9.53 Å². The molecule has 0 bridgehead atoms. The highest BCUT2D eigenvalue weighted by molar-refractivity contribution is 5.66. The van der Waals surface area contributed by atoms with Crippen LogP contribution in [0.1, 0.15) is 51.9 Å².